The molecule has 4 rings (SSSR count). The highest BCUT2D eigenvalue weighted by Crippen LogP contribution is 2.40. The molecule has 4 nitrogen and oxygen atoms in total. The number of amides is 2. The van der Waals surface area contributed by atoms with E-state index >= 15 is 0 Å². The first-order chi connectivity index (χ1) is 13.6. The van der Waals surface area contributed by atoms with Gasteiger partial charge in [-0.15, -0.1) is 0 Å². The summed E-state index contributed by atoms with van der Waals surface area (Å²) in [7, 11) is 0. The van der Waals surface area contributed by atoms with E-state index in [2.05, 4.69) is 5.32 Å². The van der Waals surface area contributed by atoms with E-state index in [1.807, 2.05) is 35.2 Å². The van der Waals surface area contributed by atoms with Crippen molar-refractivity contribution in [3.63, 3.8) is 0 Å². The van der Waals surface area contributed by atoms with Crippen LogP contribution in [0, 0.1) is 5.82 Å². The number of carbonyl (C=O) groups is 2. The van der Waals surface area contributed by atoms with Gasteiger partial charge in [0.05, 0.1) is 18.1 Å². The third-order valence-corrected chi connectivity index (χ3v) is 5.91. The molecular formula is C23H25FN2O2. The molecule has 0 aromatic heterocycles. The van der Waals surface area contributed by atoms with Gasteiger partial charge in [0.2, 0.25) is 11.8 Å². The number of fused-ring (bicyclic) bond motifs is 1. The van der Waals surface area contributed by atoms with Gasteiger partial charge in [-0.2, -0.15) is 0 Å². The van der Waals surface area contributed by atoms with Gasteiger partial charge < -0.3 is 10.2 Å². The number of aryl methyl sites for hydroxylation is 1. The van der Waals surface area contributed by atoms with Crippen molar-refractivity contribution in [3.05, 3.63) is 71.5 Å². The third kappa shape index (κ3) is 3.79. The van der Waals surface area contributed by atoms with E-state index in [4.69, 9.17) is 0 Å². The van der Waals surface area contributed by atoms with Crippen LogP contribution in [0.3, 0.4) is 0 Å². The normalized spacial score (nSPS) is 24.4. The summed E-state index contributed by atoms with van der Waals surface area (Å²) in [6.45, 7) is 0. The van der Waals surface area contributed by atoms with Crippen molar-refractivity contribution in [2.75, 3.05) is 0 Å². The number of rotatable bonds is 4. The summed E-state index contributed by atoms with van der Waals surface area (Å²) in [5, 5.41) is 3.06. The van der Waals surface area contributed by atoms with E-state index in [-0.39, 0.29) is 35.8 Å². The van der Waals surface area contributed by atoms with Crippen molar-refractivity contribution < 1.29 is 14.0 Å². The number of halogens is 1. The zero-order valence-corrected chi connectivity index (χ0v) is 15.8. The largest absolute Gasteiger partial charge is 0.351 e. The molecule has 0 radical (unpaired) electrons. The first kappa shape index (κ1) is 18.7. The first-order valence-electron chi connectivity index (χ1n) is 10.0. The van der Waals surface area contributed by atoms with Crippen LogP contribution in [0.4, 0.5) is 4.39 Å². The number of carbonyl (C=O) groups excluding carboxylic acids is 2. The molecule has 0 saturated carbocycles. The highest BCUT2D eigenvalue weighted by atomic mass is 19.1. The number of hydrogen-bond acceptors (Lipinski definition) is 2. The SMILES string of the molecule is O=C1CCC[C@H]2[C@@H](C[C@@H](c3ccccc3F)N2C(=O)CCc2ccccc2)N1. The van der Waals surface area contributed by atoms with Crippen LogP contribution in [-0.4, -0.2) is 28.8 Å². The summed E-state index contributed by atoms with van der Waals surface area (Å²) in [5.41, 5.74) is 1.65. The minimum atomic E-state index is -0.335. The van der Waals surface area contributed by atoms with E-state index in [0.29, 0.717) is 31.2 Å². The van der Waals surface area contributed by atoms with Gasteiger partial charge in [-0.25, -0.2) is 4.39 Å². The lowest BCUT2D eigenvalue weighted by atomic mass is 10.0. The van der Waals surface area contributed by atoms with Crippen LogP contribution in [-0.2, 0) is 16.0 Å². The fourth-order valence-electron chi connectivity index (χ4n) is 4.59. The maximum atomic E-state index is 14.5. The highest BCUT2D eigenvalue weighted by Gasteiger charge is 2.45. The van der Waals surface area contributed by atoms with Crippen LogP contribution in [0.2, 0.25) is 0 Å². The molecule has 28 heavy (non-hydrogen) atoms. The maximum absolute atomic E-state index is 14.5. The predicted molar refractivity (Wildman–Crippen MR) is 105 cm³/mol. The van der Waals surface area contributed by atoms with Crippen LogP contribution in [0.25, 0.3) is 0 Å². The summed E-state index contributed by atoms with van der Waals surface area (Å²) in [5.74, 6) is -0.240. The number of nitrogens with zero attached hydrogens (tertiary/aromatic N) is 1. The topological polar surface area (TPSA) is 49.4 Å². The molecule has 2 saturated heterocycles. The summed E-state index contributed by atoms with van der Waals surface area (Å²) in [4.78, 5) is 27.1. The van der Waals surface area contributed by atoms with Crippen molar-refractivity contribution in [3.8, 4) is 0 Å². The second kappa shape index (κ2) is 8.13. The van der Waals surface area contributed by atoms with Crippen molar-refractivity contribution in [2.24, 2.45) is 0 Å². The van der Waals surface area contributed by atoms with Gasteiger partial charge in [-0.1, -0.05) is 48.5 Å². The molecule has 2 aromatic carbocycles. The number of likely N-dealkylation sites (tertiary alicyclic amines) is 1. The quantitative estimate of drug-likeness (QED) is 0.878. The van der Waals surface area contributed by atoms with Crippen molar-refractivity contribution >= 4 is 11.8 Å². The van der Waals surface area contributed by atoms with Crippen LogP contribution in [0.15, 0.2) is 54.6 Å². The molecule has 5 heteroatoms. The lowest BCUT2D eigenvalue weighted by Crippen LogP contribution is -2.45. The molecule has 2 amide bonds. The summed E-state index contributed by atoms with van der Waals surface area (Å²) >= 11 is 0. The smallest absolute Gasteiger partial charge is 0.223 e. The minimum absolute atomic E-state index is 0.0263. The van der Waals surface area contributed by atoms with Crippen LogP contribution < -0.4 is 5.32 Å². The molecule has 3 atom stereocenters. The van der Waals surface area contributed by atoms with E-state index < -0.39 is 0 Å². The summed E-state index contributed by atoms with van der Waals surface area (Å²) in [6, 6.07) is 16.1. The van der Waals surface area contributed by atoms with Gasteiger partial charge in [0.1, 0.15) is 5.82 Å². The van der Waals surface area contributed by atoms with Crippen molar-refractivity contribution in [1.82, 2.24) is 10.2 Å². The van der Waals surface area contributed by atoms with E-state index in [9.17, 15) is 14.0 Å². The molecule has 1 N–H and O–H groups in total. The Hall–Kier alpha value is -2.69. The van der Waals surface area contributed by atoms with Gasteiger partial charge in [0, 0.05) is 18.4 Å². The predicted octanol–water partition coefficient (Wildman–Crippen LogP) is 3.77. The van der Waals surface area contributed by atoms with Crippen molar-refractivity contribution in [2.45, 2.75) is 56.7 Å². The number of benzene rings is 2. The van der Waals surface area contributed by atoms with Crippen LogP contribution in [0.5, 0.6) is 0 Å². The Balaban J connectivity index is 1.60. The molecular weight excluding hydrogens is 355 g/mol. The average molecular weight is 380 g/mol. The molecule has 0 unspecified atom stereocenters. The first-order valence-corrected chi connectivity index (χ1v) is 10.0. The van der Waals surface area contributed by atoms with Crippen LogP contribution in [0.1, 0.15) is 49.3 Å². The Labute approximate surface area is 164 Å². The monoisotopic (exact) mass is 380 g/mol. The zero-order valence-electron chi connectivity index (χ0n) is 15.8. The molecule has 2 heterocycles. The molecule has 2 fully saturated rings. The zero-order chi connectivity index (χ0) is 19.5. The maximum Gasteiger partial charge on any atom is 0.223 e. The molecule has 0 spiro atoms. The third-order valence-electron chi connectivity index (χ3n) is 5.91. The lowest BCUT2D eigenvalue weighted by molar-refractivity contribution is -0.134. The molecule has 2 aromatic rings. The Bertz CT molecular complexity index is 855. The lowest BCUT2D eigenvalue weighted by Gasteiger charge is -2.31. The Morgan fingerprint density at radius 3 is 2.64 bits per heavy atom. The van der Waals surface area contributed by atoms with E-state index in [0.717, 1.165) is 18.4 Å². The number of nitrogens with one attached hydrogen (secondary N) is 1. The van der Waals surface area contributed by atoms with Gasteiger partial charge in [0.25, 0.3) is 0 Å². The van der Waals surface area contributed by atoms with Gasteiger partial charge >= 0.3 is 0 Å². The fourth-order valence-corrected chi connectivity index (χ4v) is 4.59. The second-order valence-corrected chi connectivity index (χ2v) is 7.69. The average Bonchev–Trinajstić information content (AvgIpc) is 2.94. The van der Waals surface area contributed by atoms with Crippen molar-refractivity contribution in [1.29, 1.82) is 0 Å². The number of hydrogen-bond donors (Lipinski definition) is 1. The summed E-state index contributed by atoms with van der Waals surface area (Å²) in [6.07, 6.45) is 3.61. The van der Waals surface area contributed by atoms with Gasteiger partial charge in [-0.3, -0.25) is 9.59 Å². The van der Waals surface area contributed by atoms with Gasteiger partial charge in [-0.05, 0) is 37.3 Å². The standard InChI is InChI=1S/C23H25FN2O2/c24-18-10-5-4-9-17(18)21-15-19-20(11-6-12-22(27)25-19)26(21)23(28)14-13-16-7-2-1-3-8-16/h1-5,7-10,19-21H,6,11-15H2,(H,25,27)/t19-,20+,21+/m1/s1. The molecule has 0 aliphatic carbocycles. The van der Waals surface area contributed by atoms with Crippen LogP contribution >= 0.6 is 0 Å². The van der Waals surface area contributed by atoms with E-state index in [1.165, 1.54) is 6.07 Å². The highest BCUT2D eigenvalue weighted by molar-refractivity contribution is 5.80. The molecule has 146 valence electrons. The Morgan fingerprint density at radius 1 is 1.11 bits per heavy atom. The van der Waals surface area contributed by atoms with E-state index in [1.54, 1.807) is 18.2 Å². The second-order valence-electron chi connectivity index (χ2n) is 7.69. The molecule has 2 aliphatic heterocycles. The Kier molecular flexibility index (Phi) is 5.42. The summed E-state index contributed by atoms with van der Waals surface area (Å²) < 4.78 is 14.5. The molecule has 2 aliphatic rings. The molecule has 0 bridgehead atoms. The minimum Gasteiger partial charge on any atom is -0.351 e. The van der Waals surface area contributed by atoms with Gasteiger partial charge in [0.15, 0.2) is 0 Å². The Morgan fingerprint density at radius 2 is 1.86 bits per heavy atom. The fraction of sp³-hybridized carbons (Fsp3) is 0.391.